The van der Waals surface area contributed by atoms with Gasteiger partial charge >= 0.3 is 0 Å². The van der Waals surface area contributed by atoms with E-state index in [2.05, 4.69) is 0 Å². The van der Waals surface area contributed by atoms with E-state index in [-0.39, 0.29) is 11.6 Å². The minimum Gasteiger partial charge on any atom is -0.207 e. The molecule has 0 aromatic heterocycles. The molecule has 3 heteroatoms. The van der Waals surface area contributed by atoms with Crippen molar-refractivity contribution in [3.63, 3.8) is 0 Å². The fraction of sp³-hybridized carbons (Fsp3) is 0.250. The molecule has 0 aliphatic carbocycles. The number of hydrogen-bond donors (Lipinski definition) is 0. The Balaban J connectivity index is 3.21. The zero-order valence-corrected chi connectivity index (χ0v) is 7.14. The van der Waals surface area contributed by atoms with Gasteiger partial charge in [0.2, 0.25) is 0 Å². The molecule has 0 saturated carbocycles. The predicted molar refractivity (Wildman–Crippen MR) is 42.9 cm³/mol. The minimum atomic E-state index is -0.351. The van der Waals surface area contributed by atoms with Crippen molar-refractivity contribution in [2.24, 2.45) is 0 Å². The van der Waals surface area contributed by atoms with E-state index in [4.69, 9.17) is 0 Å². The molecule has 0 amide bonds. The van der Waals surface area contributed by atoms with Crippen molar-refractivity contribution in [3.8, 4) is 0 Å². The first-order chi connectivity index (χ1) is 5.15. The van der Waals surface area contributed by atoms with Gasteiger partial charge in [-0.2, -0.15) is 0 Å². The van der Waals surface area contributed by atoms with E-state index in [9.17, 15) is 8.78 Å². The van der Waals surface area contributed by atoms with Gasteiger partial charge in [-0.15, -0.1) is 11.8 Å². The van der Waals surface area contributed by atoms with Crippen LogP contribution in [0.5, 0.6) is 0 Å². The van der Waals surface area contributed by atoms with Crippen molar-refractivity contribution in [1.82, 2.24) is 0 Å². The Labute approximate surface area is 68.6 Å². The van der Waals surface area contributed by atoms with Crippen LogP contribution in [0, 0.1) is 18.6 Å². The fourth-order valence-electron chi connectivity index (χ4n) is 0.784. The molecule has 11 heavy (non-hydrogen) atoms. The molecule has 0 spiro atoms. The lowest BCUT2D eigenvalue weighted by Crippen LogP contribution is -1.87. The Kier molecular flexibility index (Phi) is 2.49. The largest absolute Gasteiger partial charge is 0.207 e. The van der Waals surface area contributed by atoms with Crippen molar-refractivity contribution in [1.29, 1.82) is 0 Å². The van der Waals surface area contributed by atoms with Gasteiger partial charge in [0.25, 0.3) is 0 Å². The molecule has 1 rings (SSSR count). The second kappa shape index (κ2) is 3.22. The summed E-state index contributed by atoms with van der Waals surface area (Å²) in [7, 11) is 0. The van der Waals surface area contributed by atoms with E-state index in [1.54, 1.807) is 13.2 Å². The lowest BCUT2D eigenvalue weighted by Gasteiger charge is -2.00. The van der Waals surface area contributed by atoms with Crippen LogP contribution in [0.25, 0.3) is 0 Å². The molecule has 1 aromatic rings. The summed E-state index contributed by atoms with van der Waals surface area (Å²) in [6, 6.07) is 2.43. The van der Waals surface area contributed by atoms with Crippen LogP contribution >= 0.6 is 11.8 Å². The summed E-state index contributed by atoms with van der Waals surface area (Å²) in [6.07, 6.45) is 1.72. The van der Waals surface area contributed by atoms with Gasteiger partial charge in [-0.3, -0.25) is 0 Å². The maximum absolute atomic E-state index is 12.8. The molecule has 60 valence electrons. The van der Waals surface area contributed by atoms with E-state index in [0.29, 0.717) is 10.5 Å². The Morgan fingerprint density at radius 2 is 1.82 bits per heavy atom. The van der Waals surface area contributed by atoms with Crippen molar-refractivity contribution in [2.75, 3.05) is 6.26 Å². The minimum absolute atomic E-state index is 0.348. The van der Waals surface area contributed by atoms with Crippen molar-refractivity contribution < 1.29 is 8.78 Å². The van der Waals surface area contributed by atoms with Gasteiger partial charge < -0.3 is 0 Å². The summed E-state index contributed by atoms with van der Waals surface area (Å²) in [4.78, 5) is 0.355. The van der Waals surface area contributed by atoms with Crippen molar-refractivity contribution in [3.05, 3.63) is 29.3 Å². The van der Waals surface area contributed by atoms with Crippen LogP contribution in [-0.4, -0.2) is 6.26 Å². The van der Waals surface area contributed by atoms with E-state index in [1.165, 1.54) is 23.9 Å². The number of rotatable bonds is 1. The first-order valence-corrected chi connectivity index (χ1v) is 4.37. The van der Waals surface area contributed by atoms with Crippen LogP contribution in [0.2, 0.25) is 0 Å². The molecule has 0 radical (unpaired) electrons. The molecule has 0 aliphatic heterocycles. The molecule has 0 aliphatic rings. The van der Waals surface area contributed by atoms with E-state index in [1.807, 2.05) is 0 Å². The summed E-state index contributed by atoms with van der Waals surface area (Å²) in [5.41, 5.74) is 0.348. The molecule has 0 unspecified atom stereocenters. The van der Waals surface area contributed by atoms with Crippen LogP contribution in [-0.2, 0) is 0 Å². The molecule has 0 N–H and O–H groups in total. The van der Waals surface area contributed by atoms with Gasteiger partial charge in [-0.25, -0.2) is 8.78 Å². The van der Waals surface area contributed by atoms with Gasteiger partial charge in [-0.1, -0.05) is 0 Å². The average Bonchev–Trinajstić information content (AvgIpc) is 1.97. The molecule has 1 aromatic carbocycles. The maximum Gasteiger partial charge on any atom is 0.137 e. The van der Waals surface area contributed by atoms with Gasteiger partial charge in [0, 0.05) is 4.90 Å². The van der Waals surface area contributed by atoms with Crippen LogP contribution in [0.1, 0.15) is 5.56 Å². The smallest absolute Gasteiger partial charge is 0.137 e. The number of hydrogen-bond acceptors (Lipinski definition) is 1. The summed E-state index contributed by atoms with van der Waals surface area (Å²) in [6.45, 7) is 1.54. The summed E-state index contributed by atoms with van der Waals surface area (Å²) in [5.74, 6) is -0.702. The third-order valence-corrected chi connectivity index (χ3v) is 2.19. The van der Waals surface area contributed by atoms with E-state index >= 15 is 0 Å². The molecule has 0 saturated heterocycles. The number of thioether (sulfide) groups is 1. The number of benzene rings is 1. The van der Waals surface area contributed by atoms with Crippen molar-refractivity contribution >= 4 is 11.8 Å². The van der Waals surface area contributed by atoms with E-state index in [0.717, 1.165) is 0 Å². The normalized spacial score (nSPS) is 10.2. The van der Waals surface area contributed by atoms with Gasteiger partial charge in [0.15, 0.2) is 0 Å². The van der Waals surface area contributed by atoms with Crippen LogP contribution in [0.3, 0.4) is 0 Å². The molecular formula is C8H8F2S. The first kappa shape index (κ1) is 8.53. The SMILES string of the molecule is CSc1cc(F)c(C)cc1F. The highest BCUT2D eigenvalue weighted by molar-refractivity contribution is 7.98. The Morgan fingerprint density at radius 1 is 1.18 bits per heavy atom. The van der Waals surface area contributed by atoms with Crippen molar-refractivity contribution in [2.45, 2.75) is 11.8 Å². The molecule has 0 atom stereocenters. The highest BCUT2D eigenvalue weighted by Crippen LogP contribution is 2.21. The quantitative estimate of drug-likeness (QED) is 0.590. The first-order valence-electron chi connectivity index (χ1n) is 3.15. The summed E-state index contributed by atoms with van der Waals surface area (Å²) in [5, 5.41) is 0. The van der Waals surface area contributed by atoms with Gasteiger partial charge in [0.1, 0.15) is 11.6 Å². The standard InChI is InChI=1S/C8H8F2S/c1-5-3-7(10)8(11-2)4-6(5)9/h3-4H,1-2H3. The molecule has 0 bridgehead atoms. The number of aryl methyl sites for hydroxylation is 1. The summed E-state index contributed by atoms with van der Waals surface area (Å²) < 4.78 is 25.6. The van der Waals surface area contributed by atoms with Crippen LogP contribution in [0.4, 0.5) is 8.78 Å². The highest BCUT2D eigenvalue weighted by Gasteiger charge is 2.04. The second-order valence-electron chi connectivity index (χ2n) is 2.24. The van der Waals surface area contributed by atoms with Crippen LogP contribution in [0.15, 0.2) is 17.0 Å². The topological polar surface area (TPSA) is 0 Å². The molecule has 0 heterocycles. The molecular weight excluding hydrogens is 166 g/mol. The number of halogens is 2. The second-order valence-corrected chi connectivity index (χ2v) is 3.08. The molecule has 0 nitrogen and oxygen atoms in total. The molecule has 0 fully saturated rings. The highest BCUT2D eigenvalue weighted by atomic mass is 32.2. The lowest BCUT2D eigenvalue weighted by molar-refractivity contribution is 0.571. The Bertz CT molecular complexity index is 271. The van der Waals surface area contributed by atoms with Gasteiger partial charge in [0.05, 0.1) is 0 Å². The van der Waals surface area contributed by atoms with E-state index < -0.39 is 0 Å². The predicted octanol–water partition coefficient (Wildman–Crippen LogP) is 3.00. The lowest BCUT2D eigenvalue weighted by atomic mass is 10.2. The monoisotopic (exact) mass is 174 g/mol. The average molecular weight is 174 g/mol. The third kappa shape index (κ3) is 1.71. The van der Waals surface area contributed by atoms with Gasteiger partial charge in [-0.05, 0) is 30.9 Å². The summed E-state index contributed by atoms with van der Waals surface area (Å²) >= 11 is 1.20. The third-order valence-electron chi connectivity index (χ3n) is 1.43. The Hall–Kier alpha value is -0.570. The maximum atomic E-state index is 12.8. The van der Waals surface area contributed by atoms with Crippen LogP contribution < -0.4 is 0 Å². The zero-order chi connectivity index (χ0) is 8.43. The zero-order valence-electron chi connectivity index (χ0n) is 6.32. The fourth-order valence-corrected chi connectivity index (χ4v) is 1.26. The Morgan fingerprint density at radius 3 is 2.36 bits per heavy atom.